The van der Waals surface area contributed by atoms with E-state index < -0.39 is 0 Å². The van der Waals surface area contributed by atoms with Crippen molar-refractivity contribution in [1.29, 1.82) is 0 Å². The molecule has 1 atom stereocenters. The van der Waals surface area contributed by atoms with Crippen LogP contribution in [0.4, 0.5) is 5.13 Å². The van der Waals surface area contributed by atoms with Gasteiger partial charge in [-0.05, 0) is 25.2 Å². The van der Waals surface area contributed by atoms with Gasteiger partial charge < -0.3 is 5.32 Å². The van der Waals surface area contributed by atoms with Gasteiger partial charge in [-0.15, -0.1) is 22.9 Å². The van der Waals surface area contributed by atoms with Crippen LogP contribution < -0.4 is 5.32 Å². The van der Waals surface area contributed by atoms with E-state index in [0.717, 1.165) is 30.4 Å². The summed E-state index contributed by atoms with van der Waals surface area (Å²) in [4.78, 5) is 4.50. The number of anilines is 1. The second kappa shape index (κ2) is 7.91. The third-order valence-electron chi connectivity index (χ3n) is 2.67. The molecule has 1 aromatic rings. The Hall–Kier alpha value is -0.280. The van der Waals surface area contributed by atoms with Crippen LogP contribution in [0.15, 0.2) is 5.38 Å². The zero-order valence-corrected chi connectivity index (χ0v) is 11.7. The fourth-order valence-corrected chi connectivity index (χ4v) is 2.81. The highest BCUT2D eigenvalue weighted by atomic mass is 35.5. The van der Waals surface area contributed by atoms with E-state index in [-0.39, 0.29) is 0 Å². The lowest BCUT2D eigenvalue weighted by molar-refractivity contribution is 0.490. The summed E-state index contributed by atoms with van der Waals surface area (Å²) in [7, 11) is 0. The van der Waals surface area contributed by atoms with Gasteiger partial charge in [0.05, 0.1) is 5.69 Å². The standard InChI is InChI=1S/C12H21ClN2S/c1-3-5-10(6-7-13)8-14-12-15-11(4-2)9-16-12/h9-10H,3-8H2,1-2H3,(H,14,15). The molecule has 1 unspecified atom stereocenters. The van der Waals surface area contributed by atoms with E-state index in [0.29, 0.717) is 5.92 Å². The number of halogens is 1. The normalized spacial score (nSPS) is 12.7. The Bertz CT molecular complexity index is 282. The molecule has 0 radical (unpaired) electrons. The summed E-state index contributed by atoms with van der Waals surface area (Å²) >= 11 is 7.50. The first-order valence-corrected chi connectivity index (χ1v) is 7.45. The van der Waals surface area contributed by atoms with Crippen molar-refractivity contribution in [3.05, 3.63) is 11.1 Å². The molecule has 0 spiro atoms. The Balaban J connectivity index is 2.35. The van der Waals surface area contributed by atoms with Gasteiger partial charge in [-0.1, -0.05) is 20.3 Å². The number of alkyl halides is 1. The molecule has 0 saturated heterocycles. The monoisotopic (exact) mass is 260 g/mol. The zero-order valence-electron chi connectivity index (χ0n) is 10.1. The Morgan fingerprint density at radius 3 is 2.81 bits per heavy atom. The maximum atomic E-state index is 5.80. The van der Waals surface area contributed by atoms with Gasteiger partial charge in [0, 0.05) is 17.8 Å². The summed E-state index contributed by atoms with van der Waals surface area (Å²) in [5.74, 6) is 1.43. The van der Waals surface area contributed by atoms with Crippen LogP contribution in [-0.2, 0) is 6.42 Å². The smallest absolute Gasteiger partial charge is 0.182 e. The molecule has 2 nitrogen and oxygen atoms in total. The van der Waals surface area contributed by atoms with Crippen molar-refractivity contribution in [1.82, 2.24) is 4.98 Å². The molecule has 0 aliphatic rings. The summed E-state index contributed by atoms with van der Waals surface area (Å²) in [6.45, 7) is 5.35. The van der Waals surface area contributed by atoms with Crippen molar-refractivity contribution in [2.45, 2.75) is 39.5 Å². The Labute approximate surface area is 107 Å². The van der Waals surface area contributed by atoms with Crippen molar-refractivity contribution in [3.8, 4) is 0 Å². The fourth-order valence-electron chi connectivity index (χ4n) is 1.69. The molecule has 0 saturated carbocycles. The predicted molar refractivity (Wildman–Crippen MR) is 73.7 cm³/mol. The van der Waals surface area contributed by atoms with Crippen LogP contribution in [0.3, 0.4) is 0 Å². The van der Waals surface area contributed by atoms with Crippen LogP contribution in [0.5, 0.6) is 0 Å². The largest absolute Gasteiger partial charge is 0.361 e. The van der Waals surface area contributed by atoms with E-state index in [1.807, 2.05) is 0 Å². The number of hydrogen-bond acceptors (Lipinski definition) is 3. The first-order valence-electron chi connectivity index (χ1n) is 6.04. The summed E-state index contributed by atoms with van der Waals surface area (Å²) in [5.41, 5.74) is 1.18. The number of hydrogen-bond donors (Lipinski definition) is 1. The van der Waals surface area contributed by atoms with Gasteiger partial charge in [0.25, 0.3) is 0 Å². The number of thiazole rings is 1. The highest BCUT2D eigenvalue weighted by Gasteiger charge is 2.08. The van der Waals surface area contributed by atoms with Crippen LogP contribution >= 0.6 is 22.9 Å². The summed E-state index contributed by atoms with van der Waals surface area (Å²) in [6, 6.07) is 0. The molecule has 0 aliphatic carbocycles. The van der Waals surface area contributed by atoms with Gasteiger partial charge in [-0.2, -0.15) is 0 Å². The van der Waals surface area contributed by atoms with Crippen LogP contribution in [0, 0.1) is 5.92 Å². The minimum absolute atomic E-state index is 0.677. The van der Waals surface area contributed by atoms with E-state index in [1.165, 1.54) is 18.5 Å². The van der Waals surface area contributed by atoms with Crippen LogP contribution in [0.1, 0.15) is 38.8 Å². The summed E-state index contributed by atoms with van der Waals surface area (Å²) in [5, 5.41) is 6.59. The fraction of sp³-hybridized carbons (Fsp3) is 0.750. The van der Waals surface area contributed by atoms with Crippen LogP contribution in [0.2, 0.25) is 0 Å². The molecule has 16 heavy (non-hydrogen) atoms. The van der Waals surface area contributed by atoms with Crippen molar-refractivity contribution >= 4 is 28.1 Å². The highest BCUT2D eigenvalue weighted by molar-refractivity contribution is 7.13. The lowest BCUT2D eigenvalue weighted by atomic mass is 10.0. The molecule has 92 valence electrons. The Morgan fingerprint density at radius 1 is 1.44 bits per heavy atom. The first-order chi connectivity index (χ1) is 7.80. The third kappa shape index (κ3) is 4.71. The van der Waals surface area contributed by atoms with E-state index in [2.05, 4.69) is 29.5 Å². The van der Waals surface area contributed by atoms with E-state index in [4.69, 9.17) is 11.6 Å². The lowest BCUT2D eigenvalue weighted by Gasteiger charge is -2.14. The van der Waals surface area contributed by atoms with Gasteiger partial charge in [0.2, 0.25) is 0 Å². The minimum Gasteiger partial charge on any atom is -0.361 e. The molecule has 1 aromatic heterocycles. The summed E-state index contributed by atoms with van der Waals surface area (Å²) < 4.78 is 0. The first kappa shape index (κ1) is 13.8. The van der Waals surface area contributed by atoms with E-state index in [1.54, 1.807) is 11.3 Å². The average molecular weight is 261 g/mol. The van der Waals surface area contributed by atoms with Crippen LogP contribution in [-0.4, -0.2) is 17.4 Å². The predicted octanol–water partition coefficient (Wildman–Crippen LogP) is 4.16. The Morgan fingerprint density at radius 2 is 2.25 bits per heavy atom. The van der Waals surface area contributed by atoms with E-state index >= 15 is 0 Å². The van der Waals surface area contributed by atoms with Crippen molar-refractivity contribution in [3.63, 3.8) is 0 Å². The lowest BCUT2D eigenvalue weighted by Crippen LogP contribution is -2.14. The topological polar surface area (TPSA) is 24.9 Å². The second-order valence-electron chi connectivity index (χ2n) is 4.01. The number of rotatable bonds is 8. The summed E-state index contributed by atoms with van der Waals surface area (Å²) in [6.07, 6.45) is 4.57. The molecule has 0 amide bonds. The molecule has 1 N–H and O–H groups in total. The molecular formula is C12H21ClN2S. The van der Waals surface area contributed by atoms with Gasteiger partial charge in [-0.3, -0.25) is 0 Å². The van der Waals surface area contributed by atoms with Crippen molar-refractivity contribution in [2.75, 3.05) is 17.7 Å². The van der Waals surface area contributed by atoms with Gasteiger partial charge >= 0.3 is 0 Å². The molecule has 0 fully saturated rings. The van der Waals surface area contributed by atoms with Gasteiger partial charge in [0.1, 0.15) is 0 Å². The van der Waals surface area contributed by atoms with Gasteiger partial charge in [-0.25, -0.2) is 4.98 Å². The molecule has 0 aromatic carbocycles. The SMILES string of the molecule is CCCC(CCCl)CNc1nc(CC)cs1. The Kier molecular flexibility index (Phi) is 6.81. The molecule has 0 bridgehead atoms. The number of nitrogens with one attached hydrogen (secondary N) is 1. The molecule has 0 aliphatic heterocycles. The van der Waals surface area contributed by atoms with E-state index in [9.17, 15) is 0 Å². The molecule has 1 rings (SSSR count). The maximum absolute atomic E-state index is 5.80. The van der Waals surface area contributed by atoms with Crippen molar-refractivity contribution < 1.29 is 0 Å². The van der Waals surface area contributed by atoms with Crippen LogP contribution in [0.25, 0.3) is 0 Å². The second-order valence-corrected chi connectivity index (χ2v) is 5.25. The highest BCUT2D eigenvalue weighted by Crippen LogP contribution is 2.18. The number of aromatic nitrogens is 1. The maximum Gasteiger partial charge on any atom is 0.182 e. The van der Waals surface area contributed by atoms with Gasteiger partial charge in [0.15, 0.2) is 5.13 Å². The molecular weight excluding hydrogens is 240 g/mol. The molecule has 4 heteroatoms. The minimum atomic E-state index is 0.677. The molecule has 1 heterocycles. The quantitative estimate of drug-likeness (QED) is 0.710. The number of aryl methyl sites for hydroxylation is 1. The zero-order chi connectivity index (χ0) is 11.8. The average Bonchev–Trinajstić information content (AvgIpc) is 2.74. The number of nitrogens with zero attached hydrogens (tertiary/aromatic N) is 1. The van der Waals surface area contributed by atoms with Crippen molar-refractivity contribution in [2.24, 2.45) is 5.92 Å². The third-order valence-corrected chi connectivity index (χ3v) is 3.74.